The molecule has 1 atom stereocenters. The number of unbranched alkanes of at least 4 members (excludes halogenated alkanes) is 1. The van der Waals surface area contributed by atoms with Gasteiger partial charge in [0.1, 0.15) is 5.84 Å². The van der Waals surface area contributed by atoms with Gasteiger partial charge >= 0.3 is 0 Å². The van der Waals surface area contributed by atoms with Crippen molar-refractivity contribution in [3.8, 4) is 0 Å². The molecule has 2 heterocycles. The van der Waals surface area contributed by atoms with Gasteiger partial charge in [-0.05, 0) is 32.4 Å². The van der Waals surface area contributed by atoms with Crippen LogP contribution in [-0.4, -0.2) is 39.7 Å². The predicted molar refractivity (Wildman–Crippen MR) is 73.6 cm³/mol. The molecule has 1 fully saturated rings. The van der Waals surface area contributed by atoms with Crippen LogP contribution in [-0.2, 0) is 4.79 Å². The van der Waals surface area contributed by atoms with E-state index in [1.165, 1.54) is 0 Å². The molecular formula is C13H22N2OS. The quantitative estimate of drug-likeness (QED) is 0.772. The Kier molecular flexibility index (Phi) is 3.81. The van der Waals surface area contributed by atoms with E-state index < -0.39 is 5.54 Å². The van der Waals surface area contributed by atoms with Crippen LogP contribution in [0.5, 0.6) is 0 Å². The molecule has 1 saturated heterocycles. The molecule has 0 radical (unpaired) electrons. The number of rotatable bonds is 4. The van der Waals surface area contributed by atoms with Crippen LogP contribution in [0.4, 0.5) is 0 Å². The van der Waals surface area contributed by atoms with Gasteiger partial charge in [0.2, 0.25) is 0 Å². The Balaban J connectivity index is 2.22. The van der Waals surface area contributed by atoms with Gasteiger partial charge in [0, 0.05) is 18.2 Å². The first-order chi connectivity index (χ1) is 8.10. The van der Waals surface area contributed by atoms with E-state index in [2.05, 4.69) is 20.8 Å². The zero-order valence-corrected chi connectivity index (χ0v) is 11.8. The Morgan fingerprint density at radius 2 is 2.29 bits per heavy atom. The molecule has 17 heavy (non-hydrogen) atoms. The Bertz CT molecular complexity index is 332. The summed E-state index contributed by atoms with van der Waals surface area (Å²) in [7, 11) is 0. The zero-order valence-electron chi connectivity index (χ0n) is 11.0. The van der Waals surface area contributed by atoms with Crippen LogP contribution >= 0.6 is 11.8 Å². The topological polar surface area (TPSA) is 32.7 Å². The monoisotopic (exact) mass is 254 g/mol. The van der Waals surface area contributed by atoms with Gasteiger partial charge in [-0.15, -0.1) is 0 Å². The number of hydrogen-bond acceptors (Lipinski definition) is 3. The van der Waals surface area contributed by atoms with E-state index in [0.29, 0.717) is 0 Å². The molecular weight excluding hydrogens is 232 g/mol. The second-order valence-electron chi connectivity index (χ2n) is 5.23. The van der Waals surface area contributed by atoms with Gasteiger partial charge in [-0.1, -0.05) is 13.3 Å². The summed E-state index contributed by atoms with van der Waals surface area (Å²) in [5, 5.41) is 0. The molecule has 2 aliphatic heterocycles. The van der Waals surface area contributed by atoms with Crippen molar-refractivity contribution in [3.05, 3.63) is 0 Å². The van der Waals surface area contributed by atoms with Crippen molar-refractivity contribution in [2.45, 2.75) is 58.0 Å². The maximum absolute atomic E-state index is 12.5. The minimum atomic E-state index is -0.391. The Labute approximate surface area is 108 Å². The number of thioether (sulfide) groups is 1. The van der Waals surface area contributed by atoms with E-state index in [1.54, 1.807) is 0 Å². The van der Waals surface area contributed by atoms with Crippen LogP contribution in [0.2, 0.25) is 0 Å². The predicted octanol–water partition coefficient (Wildman–Crippen LogP) is 2.70. The Hall–Kier alpha value is -0.510. The molecule has 1 spiro atoms. The highest BCUT2D eigenvalue weighted by Gasteiger charge is 2.50. The second-order valence-corrected chi connectivity index (χ2v) is 6.34. The molecule has 0 aromatic rings. The fraction of sp³-hybridized carbons (Fsp3) is 0.846. The lowest BCUT2D eigenvalue weighted by molar-refractivity contribution is -0.131. The fourth-order valence-corrected chi connectivity index (χ4v) is 3.84. The van der Waals surface area contributed by atoms with Crippen LogP contribution < -0.4 is 0 Å². The maximum atomic E-state index is 12.5. The molecule has 3 nitrogen and oxygen atoms in total. The summed E-state index contributed by atoms with van der Waals surface area (Å²) in [6.07, 6.45) is 4.15. The van der Waals surface area contributed by atoms with Crippen molar-refractivity contribution < 1.29 is 4.79 Å². The summed E-state index contributed by atoms with van der Waals surface area (Å²) in [5.74, 6) is 3.24. The van der Waals surface area contributed by atoms with E-state index in [0.717, 1.165) is 43.0 Å². The van der Waals surface area contributed by atoms with Crippen LogP contribution in [0.1, 0.15) is 46.5 Å². The molecule has 0 aromatic carbocycles. The third-order valence-corrected chi connectivity index (χ3v) is 4.68. The standard InChI is InChI=1S/C13H22N2OS/c1-4-5-6-11-14-13(7-8-17-9-13)12(16)15(11)10(2)3/h10H,4-9H2,1-3H3. The van der Waals surface area contributed by atoms with Crippen molar-refractivity contribution in [1.82, 2.24) is 4.90 Å². The maximum Gasteiger partial charge on any atom is 0.257 e. The molecule has 0 bridgehead atoms. The first-order valence-electron chi connectivity index (χ1n) is 6.61. The summed E-state index contributed by atoms with van der Waals surface area (Å²) in [4.78, 5) is 19.3. The molecule has 1 amide bonds. The smallest absolute Gasteiger partial charge is 0.257 e. The normalized spacial score (nSPS) is 28.6. The molecule has 4 heteroatoms. The molecule has 2 aliphatic rings. The van der Waals surface area contributed by atoms with Crippen molar-refractivity contribution in [1.29, 1.82) is 0 Å². The molecule has 0 saturated carbocycles. The minimum Gasteiger partial charge on any atom is -0.296 e. The molecule has 0 N–H and O–H groups in total. The number of amidine groups is 1. The second kappa shape index (κ2) is 5.01. The van der Waals surface area contributed by atoms with Gasteiger partial charge in [-0.3, -0.25) is 14.7 Å². The zero-order chi connectivity index (χ0) is 12.5. The molecule has 1 unspecified atom stereocenters. The van der Waals surface area contributed by atoms with Crippen molar-refractivity contribution in [3.63, 3.8) is 0 Å². The van der Waals surface area contributed by atoms with Crippen LogP contribution in [0.25, 0.3) is 0 Å². The van der Waals surface area contributed by atoms with Crippen LogP contribution in [0.3, 0.4) is 0 Å². The van der Waals surface area contributed by atoms with E-state index in [9.17, 15) is 4.79 Å². The minimum absolute atomic E-state index is 0.239. The van der Waals surface area contributed by atoms with E-state index >= 15 is 0 Å². The summed E-state index contributed by atoms with van der Waals surface area (Å²) in [5.41, 5.74) is -0.391. The van der Waals surface area contributed by atoms with E-state index in [4.69, 9.17) is 4.99 Å². The highest BCUT2D eigenvalue weighted by atomic mass is 32.2. The summed E-state index contributed by atoms with van der Waals surface area (Å²) >= 11 is 1.86. The lowest BCUT2D eigenvalue weighted by Crippen LogP contribution is -2.45. The third kappa shape index (κ3) is 2.24. The summed E-state index contributed by atoms with van der Waals surface area (Å²) < 4.78 is 0. The number of hydrogen-bond donors (Lipinski definition) is 0. The van der Waals surface area contributed by atoms with Gasteiger partial charge in [0.15, 0.2) is 5.54 Å². The highest BCUT2D eigenvalue weighted by molar-refractivity contribution is 7.99. The fourth-order valence-electron chi connectivity index (χ4n) is 2.54. The van der Waals surface area contributed by atoms with Crippen molar-refractivity contribution in [2.24, 2.45) is 4.99 Å². The summed E-state index contributed by atoms with van der Waals surface area (Å²) in [6.45, 7) is 6.35. The number of carbonyl (C=O) groups excluding carboxylic acids is 1. The van der Waals surface area contributed by atoms with Crippen LogP contribution in [0.15, 0.2) is 4.99 Å². The van der Waals surface area contributed by atoms with Crippen molar-refractivity contribution >= 4 is 23.5 Å². The SMILES string of the molecule is CCCCC1=NC2(CCSC2)C(=O)N1C(C)C. The average molecular weight is 254 g/mol. The Morgan fingerprint density at radius 1 is 1.53 bits per heavy atom. The van der Waals surface area contributed by atoms with Crippen molar-refractivity contribution in [2.75, 3.05) is 11.5 Å². The third-order valence-electron chi connectivity index (χ3n) is 3.51. The van der Waals surface area contributed by atoms with Crippen LogP contribution in [0, 0.1) is 0 Å². The van der Waals surface area contributed by atoms with E-state index in [1.807, 2.05) is 16.7 Å². The van der Waals surface area contributed by atoms with Gasteiger partial charge in [0.25, 0.3) is 5.91 Å². The molecule has 0 aliphatic carbocycles. The van der Waals surface area contributed by atoms with Gasteiger partial charge in [-0.2, -0.15) is 11.8 Å². The number of amides is 1. The van der Waals surface area contributed by atoms with Gasteiger partial charge in [-0.25, -0.2) is 0 Å². The first kappa shape index (κ1) is 12.9. The largest absolute Gasteiger partial charge is 0.296 e. The lowest BCUT2D eigenvalue weighted by Gasteiger charge is -2.25. The molecule has 2 rings (SSSR count). The number of carbonyl (C=O) groups is 1. The first-order valence-corrected chi connectivity index (χ1v) is 7.76. The summed E-state index contributed by atoms with van der Waals surface area (Å²) in [6, 6.07) is 0.239. The molecule has 96 valence electrons. The van der Waals surface area contributed by atoms with Gasteiger partial charge in [0.05, 0.1) is 0 Å². The number of aliphatic imine (C=N–C) groups is 1. The lowest BCUT2D eigenvalue weighted by atomic mass is 9.99. The highest BCUT2D eigenvalue weighted by Crippen LogP contribution is 2.38. The molecule has 0 aromatic heterocycles. The van der Waals surface area contributed by atoms with Gasteiger partial charge < -0.3 is 0 Å². The number of nitrogens with zero attached hydrogens (tertiary/aromatic N) is 2. The van der Waals surface area contributed by atoms with E-state index in [-0.39, 0.29) is 11.9 Å². The average Bonchev–Trinajstić information content (AvgIpc) is 2.84. The Morgan fingerprint density at radius 3 is 2.82 bits per heavy atom.